The fourth-order valence-electron chi connectivity index (χ4n) is 3.20. The van der Waals surface area contributed by atoms with Gasteiger partial charge in [0.1, 0.15) is 5.75 Å². The number of aromatic amines is 1. The van der Waals surface area contributed by atoms with Crippen molar-refractivity contribution in [2.75, 3.05) is 13.2 Å². The summed E-state index contributed by atoms with van der Waals surface area (Å²) in [7, 11) is 0. The van der Waals surface area contributed by atoms with Crippen LogP contribution in [0.25, 0.3) is 5.69 Å². The minimum absolute atomic E-state index is 0.278. The summed E-state index contributed by atoms with van der Waals surface area (Å²) in [5, 5.41) is 14.3. The molecule has 0 fully saturated rings. The van der Waals surface area contributed by atoms with Crippen LogP contribution in [0.15, 0.2) is 59.4 Å². The summed E-state index contributed by atoms with van der Waals surface area (Å²) in [6, 6.07) is 16.2. The number of ether oxygens (including phenoxy) is 1. The predicted molar refractivity (Wildman–Crippen MR) is 102 cm³/mol. The van der Waals surface area contributed by atoms with Gasteiger partial charge in [0, 0.05) is 10.6 Å². The SMILES string of the molecule is CCOc1ccc(C(C[N+](=O)[O-])c2c(C)[nH]n(-c3ccccc3)c2=O)cc1. The van der Waals surface area contributed by atoms with E-state index in [4.69, 9.17) is 4.74 Å². The minimum Gasteiger partial charge on any atom is -0.494 e. The Bertz CT molecular complexity index is 975. The average molecular weight is 367 g/mol. The van der Waals surface area contributed by atoms with Crippen molar-refractivity contribution < 1.29 is 9.66 Å². The number of rotatable bonds is 7. The summed E-state index contributed by atoms with van der Waals surface area (Å²) < 4.78 is 6.85. The van der Waals surface area contributed by atoms with Crippen molar-refractivity contribution in [2.24, 2.45) is 0 Å². The van der Waals surface area contributed by atoms with Gasteiger partial charge in [-0.25, -0.2) is 4.68 Å². The number of aryl methyl sites for hydroxylation is 1. The van der Waals surface area contributed by atoms with E-state index in [2.05, 4.69) is 5.10 Å². The highest BCUT2D eigenvalue weighted by Gasteiger charge is 2.27. The zero-order chi connectivity index (χ0) is 19.4. The first kappa shape index (κ1) is 18.4. The molecule has 0 saturated heterocycles. The van der Waals surface area contributed by atoms with Gasteiger partial charge in [0.25, 0.3) is 5.56 Å². The second-order valence-corrected chi connectivity index (χ2v) is 6.20. The maximum Gasteiger partial charge on any atom is 0.275 e. The van der Waals surface area contributed by atoms with Crippen LogP contribution >= 0.6 is 0 Å². The lowest BCUT2D eigenvalue weighted by molar-refractivity contribution is -0.481. The smallest absolute Gasteiger partial charge is 0.275 e. The van der Waals surface area contributed by atoms with Gasteiger partial charge in [-0.05, 0) is 43.7 Å². The number of benzene rings is 2. The summed E-state index contributed by atoms with van der Waals surface area (Å²) in [5.74, 6) is 0.0398. The Balaban J connectivity index is 2.07. The van der Waals surface area contributed by atoms with E-state index in [-0.39, 0.29) is 17.0 Å². The Labute approximate surface area is 156 Å². The molecule has 7 nitrogen and oxygen atoms in total. The zero-order valence-electron chi connectivity index (χ0n) is 15.2. The Kier molecular flexibility index (Phi) is 5.40. The number of hydrogen-bond donors (Lipinski definition) is 1. The molecule has 1 atom stereocenters. The molecule has 0 spiro atoms. The van der Waals surface area contributed by atoms with Crippen molar-refractivity contribution in [3.05, 3.63) is 91.9 Å². The van der Waals surface area contributed by atoms with E-state index >= 15 is 0 Å². The lowest BCUT2D eigenvalue weighted by atomic mass is 9.91. The lowest BCUT2D eigenvalue weighted by Gasteiger charge is -2.13. The van der Waals surface area contributed by atoms with Crippen LogP contribution in [0.3, 0.4) is 0 Å². The molecule has 1 unspecified atom stereocenters. The third-order valence-corrected chi connectivity index (χ3v) is 4.40. The maximum absolute atomic E-state index is 13.0. The predicted octanol–water partition coefficient (Wildman–Crippen LogP) is 3.28. The molecule has 2 aromatic carbocycles. The first-order valence-corrected chi connectivity index (χ1v) is 8.72. The molecule has 0 aliphatic heterocycles. The molecule has 7 heteroatoms. The molecule has 1 heterocycles. The fourth-order valence-corrected chi connectivity index (χ4v) is 3.20. The van der Waals surface area contributed by atoms with Gasteiger partial charge in [0.15, 0.2) is 0 Å². The van der Waals surface area contributed by atoms with Crippen LogP contribution in [0.2, 0.25) is 0 Å². The van der Waals surface area contributed by atoms with Gasteiger partial charge in [0.05, 0.1) is 23.8 Å². The first-order chi connectivity index (χ1) is 13.0. The van der Waals surface area contributed by atoms with Gasteiger partial charge >= 0.3 is 0 Å². The molecule has 1 N–H and O–H groups in total. The highest BCUT2D eigenvalue weighted by molar-refractivity contribution is 5.39. The van der Waals surface area contributed by atoms with Crippen molar-refractivity contribution in [1.29, 1.82) is 0 Å². The third-order valence-electron chi connectivity index (χ3n) is 4.40. The highest BCUT2D eigenvalue weighted by Crippen LogP contribution is 2.27. The van der Waals surface area contributed by atoms with E-state index in [0.717, 1.165) is 0 Å². The van der Waals surface area contributed by atoms with Gasteiger partial charge in [-0.15, -0.1) is 0 Å². The summed E-state index contributed by atoms with van der Waals surface area (Å²) in [6.07, 6.45) is 0. The molecular formula is C20H21N3O4. The second-order valence-electron chi connectivity index (χ2n) is 6.20. The van der Waals surface area contributed by atoms with E-state index < -0.39 is 5.92 Å². The maximum atomic E-state index is 13.0. The molecule has 3 aromatic rings. The van der Waals surface area contributed by atoms with Crippen molar-refractivity contribution >= 4 is 0 Å². The van der Waals surface area contributed by atoms with Gasteiger partial charge in [-0.2, -0.15) is 0 Å². The monoisotopic (exact) mass is 367 g/mol. The normalized spacial score (nSPS) is 11.9. The van der Waals surface area contributed by atoms with Gasteiger partial charge in [-0.1, -0.05) is 30.3 Å². The number of para-hydroxylation sites is 1. The quantitative estimate of drug-likeness (QED) is 0.512. The first-order valence-electron chi connectivity index (χ1n) is 8.72. The molecule has 0 saturated carbocycles. The van der Waals surface area contributed by atoms with Crippen molar-refractivity contribution in [1.82, 2.24) is 9.78 Å². The van der Waals surface area contributed by atoms with E-state index in [1.165, 1.54) is 4.68 Å². The van der Waals surface area contributed by atoms with Crippen LogP contribution in [0, 0.1) is 17.0 Å². The molecule has 0 aliphatic rings. The summed E-state index contributed by atoms with van der Waals surface area (Å²) >= 11 is 0. The molecular weight excluding hydrogens is 346 g/mol. The number of nitrogens with zero attached hydrogens (tertiary/aromatic N) is 2. The molecule has 0 amide bonds. The molecule has 3 rings (SSSR count). The van der Waals surface area contributed by atoms with Crippen LogP contribution < -0.4 is 10.3 Å². The number of aromatic nitrogens is 2. The Morgan fingerprint density at radius 3 is 2.41 bits per heavy atom. The van der Waals surface area contributed by atoms with Crippen molar-refractivity contribution in [2.45, 2.75) is 19.8 Å². The van der Waals surface area contributed by atoms with Gasteiger partial charge in [-0.3, -0.25) is 20.0 Å². The van der Waals surface area contributed by atoms with Gasteiger partial charge < -0.3 is 4.74 Å². The highest BCUT2D eigenvalue weighted by atomic mass is 16.6. The van der Waals surface area contributed by atoms with Crippen LogP contribution in [0.4, 0.5) is 0 Å². The van der Waals surface area contributed by atoms with Crippen molar-refractivity contribution in [3.63, 3.8) is 0 Å². The second kappa shape index (κ2) is 7.90. The zero-order valence-corrected chi connectivity index (χ0v) is 15.2. The molecule has 0 bridgehead atoms. The van der Waals surface area contributed by atoms with Crippen LogP contribution in [0.1, 0.15) is 29.7 Å². The summed E-state index contributed by atoms with van der Waals surface area (Å²) in [4.78, 5) is 23.9. The molecule has 0 radical (unpaired) electrons. The van der Waals surface area contributed by atoms with Crippen LogP contribution in [-0.2, 0) is 0 Å². The number of nitrogens with one attached hydrogen (secondary N) is 1. The summed E-state index contributed by atoms with van der Waals surface area (Å²) in [5.41, 5.74) is 2.13. The van der Waals surface area contributed by atoms with E-state index in [1.807, 2.05) is 25.1 Å². The molecule has 0 aliphatic carbocycles. The van der Waals surface area contributed by atoms with Gasteiger partial charge in [0.2, 0.25) is 6.54 Å². The lowest BCUT2D eigenvalue weighted by Crippen LogP contribution is -2.23. The topological polar surface area (TPSA) is 90.2 Å². The third kappa shape index (κ3) is 3.92. The molecule has 27 heavy (non-hydrogen) atoms. The van der Waals surface area contributed by atoms with Crippen LogP contribution in [-0.4, -0.2) is 27.9 Å². The molecule has 140 valence electrons. The number of H-pyrrole nitrogens is 1. The number of hydrogen-bond acceptors (Lipinski definition) is 4. The summed E-state index contributed by atoms with van der Waals surface area (Å²) in [6.45, 7) is 3.82. The van der Waals surface area contributed by atoms with E-state index in [9.17, 15) is 14.9 Å². The standard InChI is InChI=1S/C20H21N3O4/c1-3-27-17-11-9-15(10-12-17)18(13-22(25)26)19-14(2)21-23(20(19)24)16-7-5-4-6-8-16/h4-12,18,21H,3,13H2,1-2H3. The Hall–Kier alpha value is -3.35. The Morgan fingerprint density at radius 2 is 1.81 bits per heavy atom. The largest absolute Gasteiger partial charge is 0.494 e. The van der Waals surface area contributed by atoms with E-state index in [1.54, 1.807) is 43.3 Å². The Morgan fingerprint density at radius 1 is 1.15 bits per heavy atom. The van der Waals surface area contributed by atoms with Crippen molar-refractivity contribution in [3.8, 4) is 11.4 Å². The fraction of sp³-hybridized carbons (Fsp3) is 0.250. The number of nitro groups is 1. The van der Waals surface area contributed by atoms with Crippen LogP contribution in [0.5, 0.6) is 5.75 Å². The van der Waals surface area contributed by atoms with E-state index in [0.29, 0.717) is 34.9 Å². The molecule has 1 aromatic heterocycles. The average Bonchev–Trinajstić information content (AvgIpc) is 2.96. The minimum atomic E-state index is -0.649.